The number of amides is 2. The molecule has 0 bridgehead atoms. The molecule has 4 rings (SSSR count). The first-order valence-corrected chi connectivity index (χ1v) is 13.8. The highest BCUT2D eigenvalue weighted by Crippen LogP contribution is 2.35. The van der Waals surface area contributed by atoms with E-state index in [1.165, 1.54) is 0 Å². The van der Waals surface area contributed by atoms with Gasteiger partial charge in [-0.1, -0.05) is 51.5 Å². The number of carbonyl (C=O) groups is 2. The Morgan fingerprint density at radius 3 is 2.11 bits per heavy atom. The molecular formula is C30H41N3O5. The Balaban J connectivity index is 1.38. The number of carbonyl (C=O) groups excluding carboxylic acids is 2. The van der Waals surface area contributed by atoms with Crippen LogP contribution in [0.4, 0.5) is 0 Å². The Hall–Kier alpha value is -2.94. The molecule has 206 valence electrons. The zero-order chi connectivity index (χ0) is 27.3. The molecule has 2 aromatic carbocycles. The van der Waals surface area contributed by atoms with Crippen molar-refractivity contribution in [1.29, 1.82) is 0 Å². The van der Waals surface area contributed by atoms with E-state index in [4.69, 9.17) is 4.74 Å². The van der Waals surface area contributed by atoms with Gasteiger partial charge in [0.2, 0.25) is 11.8 Å². The van der Waals surface area contributed by atoms with E-state index in [0.29, 0.717) is 38.2 Å². The molecule has 3 N–H and O–H groups in total. The number of aliphatic hydroxyl groups is 2. The molecule has 0 aliphatic carbocycles. The maximum Gasteiger partial charge on any atom is 0.248 e. The molecule has 2 aliphatic rings. The van der Waals surface area contributed by atoms with Crippen LogP contribution in [-0.4, -0.2) is 69.1 Å². The largest absolute Gasteiger partial charge is 0.457 e. The van der Waals surface area contributed by atoms with E-state index in [-0.39, 0.29) is 24.3 Å². The monoisotopic (exact) mass is 523 g/mol. The maximum absolute atomic E-state index is 13.5. The number of likely N-dealkylation sites (tertiary alicyclic amines) is 1. The van der Waals surface area contributed by atoms with Gasteiger partial charge >= 0.3 is 0 Å². The quantitative estimate of drug-likeness (QED) is 0.441. The minimum atomic E-state index is -0.903. The molecule has 0 aromatic heterocycles. The third-order valence-corrected chi connectivity index (χ3v) is 7.87. The highest BCUT2D eigenvalue weighted by Gasteiger charge is 2.54. The van der Waals surface area contributed by atoms with Crippen LogP contribution in [0, 0.1) is 5.92 Å². The number of rotatable bonds is 10. The SMILES string of the molecule is CCCCN1C(=O)[C@@H]([C@H](O)C(C)C)NC(=O)C12CCN(Cc1ccc(Oc3ccc(CO)cc3)cc1)CC2. The summed E-state index contributed by atoms with van der Waals surface area (Å²) in [6.07, 6.45) is 2.00. The van der Waals surface area contributed by atoms with Gasteiger partial charge in [0.25, 0.3) is 0 Å². The van der Waals surface area contributed by atoms with Gasteiger partial charge in [-0.05, 0) is 60.6 Å². The Bertz CT molecular complexity index is 1080. The van der Waals surface area contributed by atoms with Crippen molar-refractivity contribution < 1.29 is 24.5 Å². The van der Waals surface area contributed by atoms with Crippen LogP contribution in [0.3, 0.4) is 0 Å². The third-order valence-electron chi connectivity index (χ3n) is 7.87. The summed E-state index contributed by atoms with van der Waals surface area (Å²) in [5, 5.41) is 22.7. The van der Waals surface area contributed by atoms with E-state index < -0.39 is 17.7 Å². The minimum Gasteiger partial charge on any atom is -0.457 e. The summed E-state index contributed by atoms with van der Waals surface area (Å²) < 4.78 is 5.91. The molecule has 2 amide bonds. The molecule has 1 spiro atoms. The van der Waals surface area contributed by atoms with Crippen molar-refractivity contribution in [1.82, 2.24) is 15.1 Å². The molecule has 2 aliphatic heterocycles. The van der Waals surface area contributed by atoms with Crippen molar-refractivity contribution in [3.05, 3.63) is 59.7 Å². The first-order valence-electron chi connectivity index (χ1n) is 13.8. The van der Waals surface area contributed by atoms with Crippen molar-refractivity contribution in [2.24, 2.45) is 5.92 Å². The minimum absolute atomic E-state index is 0.00608. The normalized spacial score (nSPS) is 20.6. The fourth-order valence-corrected chi connectivity index (χ4v) is 5.39. The van der Waals surface area contributed by atoms with Gasteiger partial charge in [-0.15, -0.1) is 0 Å². The van der Waals surface area contributed by atoms with E-state index >= 15 is 0 Å². The molecule has 0 saturated carbocycles. The van der Waals surface area contributed by atoms with Gasteiger partial charge in [0.15, 0.2) is 0 Å². The van der Waals surface area contributed by atoms with Gasteiger partial charge in [0.05, 0.1) is 12.7 Å². The lowest BCUT2D eigenvalue weighted by Crippen LogP contribution is -2.74. The van der Waals surface area contributed by atoms with Gasteiger partial charge in [-0.25, -0.2) is 0 Å². The van der Waals surface area contributed by atoms with Crippen LogP contribution in [0.15, 0.2) is 48.5 Å². The molecule has 0 unspecified atom stereocenters. The molecule has 8 nitrogen and oxygen atoms in total. The van der Waals surface area contributed by atoms with E-state index in [1.807, 2.05) is 62.4 Å². The molecule has 2 aromatic rings. The molecule has 2 saturated heterocycles. The van der Waals surface area contributed by atoms with E-state index in [2.05, 4.69) is 17.1 Å². The summed E-state index contributed by atoms with van der Waals surface area (Å²) in [7, 11) is 0. The Morgan fingerprint density at radius 2 is 1.58 bits per heavy atom. The molecule has 8 heteroatoms. The molecule has 38 heavy (non-hydrogen) atoms. The van der Waals surface area contributed by atoms with E-state index in [9.17, 15) is 19.8 Å². The van der Waals surface area contributed by atoms with Gasteiger partial charge in [0.1, 0.15) is 23.1 Å². The van der Waals surface area contributed by atoms with Gasteiger partial charge in [-0.2, -0.15) is 0 Å². The summed E-state index contributed by atoms with van der Waals surface area (Å²) in [6, 6.07) is 14.5. The number of nitrogens with zero attached hydrogens (tertiary/aromatic N) is 2. The van der Waals surface area contributed by atoms with Crippen LogP contribution in [0.1, 0.15) is 57.6 Å². The highest BCUT2D eigenvalue weighted by molar-refractivity contribution is 6.00. The van der Waals surface area contributed by atoms with E-state index in [1.54, 1.807) is 4.90 Å². The van der Waals surface area contributed by atoms with Crippen molar-refractivity contribution in [2.45, 2.75) is 77.3 Å². The number of piperazine rings is 1. The van der Waals surface area contributed by atoms with Gasteiger partial charge < -0.3 is 25.2 Å². The molecule has 2 fully saturated rings. The molecule has 0 radical (unpaired) electrons. The average molecular weight is 524 g/mol. The second kappa shape index (κ2) is 12.3. The second-order valence-corrected chi connectivity index (χ2v) is 10.9. The number of aliphatic hydroxyl groups excluding tert-OH is 2. The number of ether oxygens (including phenoxy) is 1. The van der Waals surface area contributed by atoms with Crippen LogP contribution in [0.25, 0.3) is 0 Å². The Kier molecular flexibility index (Phi) is 9.07. The molecule has 2 atom stereocenters. The van der Waals surface area contributed by atoms with Crippen molar-refractivity contribution in [3.63, 3.8) is 0 Å². The first kappa shape index (κ1) is 28.1. The first-order chi connectivity index (χ1) is 18.3. The van der Waals surface area contributed by atoms with Crippen LogP contribution < -0.4 is 10.1 Å². The number of hydrogen-bond acceptors (Lipinski definition) is 6. The average Bonchev–Trinajstić information content (AvgIpc) is 2.93. The smallest absolute Gasteiger partial charge is 0.248 e. The predicted molar refractivity (Wildman–Crippen MR) is 146 cm³/mol. The second-order valence-electron chi connectivity index (χ2n) is 10.9. The Morgan fingerprint density at radius 1 is 1.00 bits per heavy atom. The Labute approximate surface area is 225 Å². The van der Waals surface area contributed by atoms with Crippen LogP contribution in [0.5, 0.6) is 11.5 Å². The van der Waals surface area contributed by atoms with Crippen molar-refractivity contribution in [2.75, 3.05) is 19.6 Å². The fraction of sp³-hybridized carbons (Fsp3) is 0.533. The fourth-order valence-electron chi connectivity index (χ4n) is 5.39. The van der Waals surface area contributed by atoms with Crippen molar-refractivity contribution >= 4 is 11.8 Å². The maximum atomic E-state index is 13.5. The number of piperidine rings is 1. The zero-order valence-electron chi connectivity index (χ0n) is 22.7. The lowest BCUT2D eigenvalue weighted by Gasteiger charge is -2.52. The third kappa shape index (κ3) is 6.03. The standard InChI is InChI=1S/C30H41N3O5/c1-4-5-16-33-28(36)26(27(35)21(2)3)31-29(37)30(33)14-17-32(18-15-30)19-22-6-10-24(11-7-22)38-25-12-8-23(20-34)9-13-25/h6-13,21,26-27,34-35H,4-5,14-20H2,1-3H3,(H,31,37)/t26-,27-/m1/s1. The lowest BCUT2D eigenvalue weighted by atomic mass is 9.80. The highest BCUT2D eigenvalue weighted by atomic mass is 16.5. The van der Waals surface area contributed by atoms with Crippen molar-refractivity contribution in [3.8, 4) is 11.5 Å². The summed E-state index contributed by atoms with van der Waals surface area (Å²) in [5.41, 5.74) is 1.14. The van der Waals surface area contributed by atoms with Gasteiger partial charge in [0, 0.05) is 26.2 Å². The van der Waals surface area contributed by atoms with Crippen LogP contribution in [0.2, 0.25) is 0 Å². The number of benzene rings is 2. The number of hydrogen-bond donors (Lipinski definition) is 3. The summed E-state index contributed by atoms with van der Waals surface area (Å²) in [4.78, 5) is 31.0. The van der Waals surface area contributed by atoms with E-state index in [0.717, 1.165) is 36.3 Å². The lowest BCUT2D eigenvalue weighted by molar-refractivity contribution is -0.165. The summed E-state index contributed by atoms with van der Waals surface area (Å²) >= 11 is 0. The summed E-state index contributed by atoms with van der Waals surface area (Å²) in [6.45, 7) is 8.50. The zero-order valence-corrected chi connectivity index (χ0v) is 22.7. The number of nitrogens with one attached hydrogen (secondary N) is 1. The van der Waals surface area contributed by atoms with Gasteiger partial charge in [-0.3, -0.25) is 14.5 Å². The van der Waals surface area contributed by atoms with Crippen LogP contribution >= 0.6 is 0 Å². The molecular weight excluding hydrogens is 482 g/mol. The van der Waals surface area contributed by atoms with Crippen LogP contribution in [-0.2, 0) is 22.7 Å². The molecule has 2 heterocycles. The number of unbranched alkanes of at least 4 members (excludes halogenated alkanes) is 1. The predicted octanol–water partition coefficient (Wildman–Crippen LogP) is 3.45. The summed E-state index contributed by atoms with van der Waals surface area (Å²) in [5.74, 6) is 1.04. The topological polar surface area (TPSA) is 102 Å².